The van der Waals surface area contributed by atoms with Crippen LogP contribution in [-0.4, -0.2) is 38.7 Å². The van der Waals surface area contributed by atoms with E-state index in [2.05, 4.69) is 30.4 Å². The molecule has 2 aromatic heterocycles. The fourth-order valence-electron chi connectivity index (χ4n) is 2.96. The number of urea groups is 1. The van der Waals surface area contributed by atoms with Gasteiger partial charge in [0.05, 0.1) is 0 Å². The number of nitrogens with zero attached hydrogens (tertiary/aromatic N) is 4. The van der Waals surface area contributed by atoms with Crippen LogP contribution in [0.25, 0.3) is 11.4 Å². The summed E-state index contributed by atoms with van der Waals surface area (Å²) in [6, 6.07) is 12.9. The molecule has 2 heterocycles. The van der Waals surface area contributed by atoms with E-state index in [0.29, 0.717) is 11.2 Å². The van der Waals surface area contributed by atoms with E-state index < -0.39 is 17.2 Å². The van der Waals surface area contributed by atoms with Crippen molar-refractivity contribution in [2.24, 2.45) is 0 Å². The van der Waals surface area contributed by atoms with E-state index in [9.17, 15) is 9.59 Å². The van der Waals surface area contributed by atoms with Crippen LogP contribution >= 0.6 is 11.8 Å². The Kier molecular flexibility index (Phi) is 5.57. The molecule has 0 unspecified atom stereocenters. The lowest BCUT2D eigenvalue weighted by Gasteiger charge is -2.17. The van der Waals surface area contributed by atoms with E-state index in [0.717, 1.165) is 29.8 Å². The maximum absolute atomic E-state index is 12.8. The molecule has 0 aliphatic heterocycles. The molecule has 0 spiro atoms. The summed E-state index contributed by atoms with van der Waals surface area (Å²) in [6.07, 6.45) is 5.53. The van der Waals surface area contributed by atoms with Crippen LogP contribution in [0.15, 0.2) is 60.0 Å². The summed E-state index contributed by atoms with van der Waals surface area (Å²) < 4.78 is 2.09. The molecular weight excluding hydrogens is 388 g/mol. The van der Waals surface area contributed by atoms with Gasteiger partial charge in [0, 0.05) is 31.0 Å². The molecule has 1 saturated carbocycles. The van der Waals surface area contributed by atoms with E-state index in [1.165, 1.54) is 18.8 Å². The number of imide groups is 1. The summed E-state index contributed by atoms with van der Waals surface area (Å²) in [7, 11) is 1.47. The molecule has 3 aromatic rings. The molecule has 0 radical (unpaired) electrons. The van der Waals surface area contributed by atoms with Gasteiger partial charge >= 0.3 is 6.03 Å². The van der Waals surface area contributed by atoms with Gasteiger partial charge in [-0.1, -0.05) is 42.1 Å². The van der Waals surface area contributed by atoms with Gasteiger partial charge in [0.15, 0.2) is 11.0 Å². The number of benzene rings is 1. The Labute approximate surface area is 172 Å². The fraction of sp³-hybridized carbons (Fsp3) is 0.250. The number of carbonyl (C=O) groups excluding carboxylic acids is 2. The van der Waals surface area contributed by atoms with Crippen LogP contribution in [0.2, 0.25) is 0 Å². The van der Waals surface area contributed by atoms with Crippen molar-refractivity contribution in [2.45, 2.75) is 29.3 Å². The number of rotatable bonds is 6. The minimum absolute atomic E-state index is 0.314. The largest absolute Gasteiger partial charge is 0.341 e. The number of pyridine rings is 1. The molecule has 1 aliphatic carbocycles. The zero-order valence-electron chi connectivity index (χ0n) is 15.8. The summed E-state index contributed by atoms with van der Waals surface area (Å²) in [5, 5.41) is 13.6. The van der Waals surface area contributed by atoms with Crippen molar-refractivity contribution >= 4 is 23.7 Å². The van der Waals surface area contributed by atoms with E-state index in [1.807, 2.05) is 42.5 Å². The lowest BCUT2D eigenvalue weighted by molar-refractivity contribution is -0.119. The Morgan fingerprint density at radius 3 is 2.48 bits per heavy atom. The quantitative estimate of drug-likeness (QED) is 0.608. The Balaban J connectivity index is 1.68. The van der Waals surface area contributed by atoms with Gasteiger partial charge in [-0.15, -0.1) is 10.2 Å². The van der Waals surface area contributed by atoms with Crippen LogP contribution in [0.5, 0.6) is 0 Å². The normalized spacial score (nSPS) is 14.2. The number of nitrogens with one attached hydrogen (secondary N) is 2. The molecule has 29 heavy (non-hydrogen) atoms. The number of hydrogen-bond donors (Lipinski definition) is 2. The van der Waals surface area contributed by atoms with Crippen molar-refractivity contribution in [1.82, 2.24) is 30.4 Å². The van der Waals surface area contributed by atoms with Gasteiger partial charge < -0.3 is 5.32 Å². The minimum atomic E-state index is -0.638. The molecule has 1 aromatic carbocycles. The standard InChI is InChI=1S/C20H20N6O2S/c1-21-19(28)23-18(27)16(13-5-3-2-4-6-13)29-20-25-24-17(26(20)15-7-8-15)14-9-11-22-12-10-14/h2-6,9-12,15-16H,7-8H2,1H3,(H2,21,23,27,28)/t16-/m0/s1. The summed E-state index contributed by atoms with van der Waals surface area (Å²) in [5.74, 6) is 0.354. The Morgan fingerprint density at radius 2 is 1.83 bits per heavy atom. The van der Waals surface area contributed by atoms with Crippen molar-refractivity contribution in [2.75, 3.05) is 7.05 Å². The minimum Gasteiger partial charge on any atom is -0.341 e. The summed E-state index contributed by atoms with van der Waals surface area (Å²) >= 11 is 1.29. The molecular formula is C20H20N6O2S. The van der Waals surface area contributed by atoms with Gasteiger partial charge in [-0.3, -0.25) is 19.7 Å². The van der Waals surface area contributed by atoms with E-state index >= 15 is 0 Å². The fourth-order valence-corrected chi connectivity index (χ4v) is 4.07. The van der Waals surface area contributed by atoms with Crippen LogP contribution in [0.1, 0.15) is 29.7 Å². The maximum atomic E-state index is 12.8. The molecule has 3 amide bonds. The summed E-state index contributed by atoms with van der Waals surface area (Å²) in [6.45, 7) is 0. The van der Waals surface area contributed by atoms with Gasteiger partial charge in [-0.25, -0.2) is 4.79 Å². The van der Waals surface area contributed by atoms with Crippen LogP contribution in [-0.2, 0) is 4.79 Å². The molecule has 8 nitrogen and oxygen atoms in total. The molecule has 1 atom stereocenters. The number of thioether (sulfide) groups is 1. The van der Waals surface area contributed by atoms with Crippen molar-refractivity contribution < 1.29 is 9.59 Å². The molecule has 0 bridgehead atoms. The highest BCUT2D eigenvalue weighted by molar-refractivity contribution is 8.00. The average Bonchev–Trinajstić information content (AvgIpc) is 3.52. The Hall–Kier alpha value is -3.20. The first-order chi connectivity index (χ1) is 14.2. The van der Waals surface area contributed by atoms with Crippen LogP contribution in [0.4, 0.5) is 4.79 Å². The molecule has 2 N–H and O–H groups in total. The Morgan fingerprint density at radius 1 is 1.10 bits per heavy atom. The van der Waals surface area contributed by atoms with Crippen molar-refractivity contribution in [3.8, 4) is 11.4 Å². The second kappa shape index (κ2) is 8.44. The number of aromatic nitrogens is 4. The van der Waals surface area contributed by atoms with Gasteiger partial charge in [-0.2, -0.15) is 0 Å². The lowest BCUT2D eigenvalue weighted by Crippen LogP contribution is -2.39. The number of carbonyl (C=O) groups is 2. The molecule has 0 saturated heterocycles. The number of amides is 3. The predicted octanol–water partition coefficient (Wildman–Crippen LogP) is 2.96. The molecule has 1 fully saturated rings. The zero-order chi connectivity index (χ0) is 20.2. The van der Waals surface area contributed by atoms with Crippen molar-refractivity contribution in [3.63, 3.8) is 0 Å². The molecule has 1 aliphatic rings. The first-order valence-corrected chi connectivity index (χ1v) is 10.1. The first-order valence-electron chi connectivity index (χ1n) is 9.27. The molecule has 9 heteroatoms. The van der Waals surface area contributed by atoms with Gasteiger partial charge in [0.1, 0.15) is 5.25 Å². The van der Waals surface area contributed by atoms with Gasteiger partial charge in [-0.05, 0) is 30.5 Å². The van der Waals surface area contributed by atoms with E-state index in [4.69, 9.17) is 0 Å². The molecule has 148 valence electrons. The van der Waals surface area contributed by atoms with Crippen molar-refractivity contribution in [3.05, 3.63) is 60.4 Å². The van der Waals surface area contributed by atoms with Crippen LogP contribution < -0.4 is 10.6 Å². The SMILES string of the molecule is CNC(=O)NC(=O)[C@@H](Sc1nnc(-c2ccncc2)n1C1CC1)c1ccccc1. The van der Waals surface area contributed by atoms with Crippen molar-refractivity contribution in [1.29, 1.82) is 0 Å². The van der Waals surface area contributed by atoms with E-state index in [1.54, 1.807) is 12.4 Å². The highest BCUT2D eigenvalue weighted by Gasteiger charge is 2.33. The lowest BCUT2D eigenvalue weighted by atomic mass is 10.1. The van der Waals surface area contributed by atoms with Gasteiger partial charge in [0.25, 0.3) is 0 Å². The number of hydrogen-bond acceptors (Lipinski definition) is 6. The third-order valence-electron chi connectivity index (χ3n) is 4.54. The smallest absolute Gasteiger partial charge is 0.321 e. The highest BCUT2D eigenvalue weighted by atomic mass is 32.2. The summed E-state index contributed by atoms with van der Waals surface area (Å²) in [5.41, 5.74) is 1.71. The molecule has 4 rings (SSSR count). The monoisotopic (exact) mass is 408 g/mol. The maximum Gasteiger partial charge on any atom is 0.321 e. The predicted molar refractivity (Wildman–Crippen MR) is 109 cm³/mol. The second-order valence-corrected chi connectivity index (χ2v) is 7.69. The topological polar surface area (TPSA) is 102 Å². The second-order valence-electron chi connectivity index (χ2n) is 6.62. The highest BCUT2D eigenvalue weighted by Crippen LogP contribution is 2.44. The zero-order valence-corrected chi connectivity index (χ0v) is 16.6. The van der Waals surface area contributed by atoms with E-state index in [-0.39, 0.29) is 0 Å². The summed E-state index contributed by atoms with van der Waals surface area (Å²) in [4.78, 5) is 28.6. The third-order valence-corrected chi connectivity index (χ3v) is 5.75. The average molecular weight is 408 g/mol. The third kappa shape index (κ3) is 4.29. The first kappa shape index (κ1) is 19.1. The van der Waals surface area contributed by atoms with Crippen LogP contribution in [0.3, 0.4) is 0 Å². The Bertz CT molecular complexity index is 1000. The van der Waals surface area contributed by atoms with Crippen LogP contribution in [0, 0.1) is 0 Å². The van der Waals surface area contributed by atoms with Gasteiger partial charge in [0.2, 0.25) is 5.91 Å².